The van der Waals surface area contributed by atoms with Crippen LogP contribution in [0.15, 0.2) is 65.3 Å². The number of likely N-dealkylation sites (N-methyl/N-ethyl adjacent to an activating group) is 1. The molecule has 0 radical (unpaired) electrons. The number of carbonyl (C=O) groups excluding carboxylic acids is 6. The van der Waals surface area contributed by atoms with Gasteiger partial charge in [0.2, 0.25) is 11.8 Å². The minimum Gasteiger partial charge on any atom is -0.457 e. The maximum atomic E-state index is 14.2. The highest BCUT2D eigenvalue weighted by Gasteiger charge is 2.64. The number of allylic oxidation sites excluding steroid dienone is 3. The zero-order valence-electron chi connectivity index (χ0n) is 41.2. The van der Waals surface area contributed by atoms with Gasteiger partial charge in [-0.3, -0.25) is 24.5 Å². The second-order valence-electron chi connectivity index (χ2n) is 18.5. The summed E-state index contributed by atoms with van der Waals surface area (Å²) in [4.78, 5) is 81.8. The van der Waals surface area contributed by atoms with Crippen molar-refractivity contribution < 1.29 is 62.3 Å². The Morgan fingerprint density at radius 3 is 2.41 bits per heavy atom. The molecule has 4 heterocycles. The molecule has 380 valence electrons. The van der Waals surface area contributed by atoms with Crippen molar-refractivity contribution in [1.82, 2.24) is 15.5 Å². The van der Waals surface area contributed by atoms with Crippen LogP contribution in [0.5, 0.6) is 0 Å². The number of alkyl carbamates (subject to hydrolysis) is 1. The molecular formula is C50H65ClN6O13. The molecule has 1 unspecified atom stereocenters. The molecule has 20 heteroatoms. The molecule has 5 amide bonds. The van der Waals surface area contributed by atoms with Crippen molar-refractivity contribution in [2.75, 3.05) is 64.1 Å². The minimum atomic E-state index is -1.85. The second-order valence-corrected chi connectivity index (χ2v) is 18.9. The number of epoxide rings is 1. The number of hydrogen-bond donors (Lipinski definition) is 3. The largest absolute Gasteiger partial charge is 0.457 e. The molecule has 70 heavy (non-hydrogen) atoms. The van der Waals surface area contributed by atoms with Crippen LogP contribution in [0.2, 0.25) is 5.02 Å². The molecule has 6 rings (SSSR count). The van der Waals surface area contributed by atoms with Gasteiger partial charge < -0.3 is 48.6 Å². The zero-order valence-corrected chi connectivity index (χ0v) is 42.0. The molecule has 0 aliphatic carbocycles. The summed E-state index contributed by atoms with van der Waals surface area (Å²) >= 11 is 6.81. The summed E-state index contributed by atoms with van der Waals surface area (Å²) < 4.78 is 35.0. The number of fused-ring (bicyclic) bond motifs is 5. The summed E-state index contributed by atoms with van der Waals surface area (Å²) in [5.74, 6) is -2.59. The van der Waals surface area contributed by atoms with Crippen molar-refractivity contribution in [3.63, 3.8) is 0 Å². The van der Waals surface area contributed by atoms with Gasteiger partial charge in [0.25, 0.3) is 11.8 Å². The Kier molecular flexibility index (Phi) is 17.6. The molecule has 8 atom stereocenters. The highest BCUT2D eigenvalue weighted by molar-refractivity contribution is 6.34. The Morgan fingerprint density at radius 2 is 1.74 bits per heavy atom. The number of ether oxygens (including phenoxy) is 6. The number of halogens is 1. The maximum absolute atomic E-state index is 14.2. The van der Waals surface area contributed by atoms with Crippen LogP contribution in [0, 0.1) is 12.8 Å². The van der Waals surface area contributed by atoms with Gasteiger partial charge in [0.1, 0.15) is 30.0 Å². The van der Waals surface area contributed by atoms with Crippen molar-refractivity contribution >= 4 is 64.4 Å². The number of rotatable bonds is 15. The van der Waals surface area contributed by atoms with E-state index in [0.717, 1.165) is 22.4 Å². The Morgan fingerprint density at radius 1 is 1.04 bits per heavy atom. The summed E-state index contributed by atoms with van der Waals surface area (Å²) in [5.41, 5.74) is 1.68. The lowest BCUT2D eigenvalue weighted by Crippen LogP contribution is -2.63. The third-order valence-corrected chi connectivity index (χ3v) is 13.7. The first kappa shape index (κ1) is 53.6. The number of aryl methyl sites for hydroxylation is 1. The molecule has 19 nitrogen and oxygen atoms in total. The Labute approximate surface area is 413 Å². The van der Waals surface area contributed by atoms with Gasteiger partial charge in [-0.2, -0.15) is 5.10 Å². The molecule has 4 bridgehead atoms. The topological polar surface area (TPSA) is 227 Å². The Balaban J connectivity index is 1.03. The highest BCUT2D eigenvalue weighted by atomic mass is 35.5. The van der Waals surface area contributed by atoms with Crippen molar-refractivity contribution in [2.24, 2.45) is 11.0 Å². The van der Waals surface area contributed by atoms with E-state index in [2.05, 4.69) is 15.7 Å². The number of anilines is 2. The molecule has 2 fully saturated rings. The second kappa shape index (κ2) is 23.0. The first-order valence-corrected chi connectivity index (χ1v) is 23.7. The fourth-order valence-corrected chi connectivity index (χ4v) is 9.00. The number of benzene rings is 2. The van der Waals surface area contributed by atoms with Gasteiger partial charge in [-0.15, -0.1) is 0 Å². The molecule has 0 aromatic heterocycles. The molecule has 2 aromatic rings. The lowest BCUT2D eigenvalue weighted by atomic mass is 9.83. The first-order valence-electron chi connectivity index (χ1n) is 23.3. The van der Waals surface area contributed by atoms with Crippen LogP contribution in [0.25, 0.3) is 0 Å². The van der Waals surface area contributed by atoms with E-state index in [0.29, 0.717) is 28.4 Å². The van der Waals surface area contributed by atoms with Gasteiger partial charge >= 0.3 is 12.1 Å². The number of aliphatic hydroxyl groups is 1. The SMILES string of the molecule is CO[C@@H]1/C=C/C=C(\C)Cc2cc(C)c(Cl)c(c2)N(C)C(=O)C[C@H](OC(=O)[C@H](C)N(C)C(=O)CCOCCOCCNC(=O)c2ccc(N3N=C(C)CC3=O)cc2)[C@]2(C)OC2[C@H](C)[C@@H]2C[C@]1(O)NC(=O)O2. The van der Waals surface area contributed by atoms with Crippen LogP contribution in [0.4, 0.5) is 16.2 Å². The average molecular weight is 994 g/mol. The quantitative estimate of drug-likeness (QED) is 0.124. The molecule has 2 saturated heterocycles. The van der Waals surface area contributed by atoms with Crippen LogP contribution in [0.3, 0.4) is 0 Å². The highest BCUT2D eigenvalue weighted by Crippen LogP contribution is 2.49. The molecule has 2 aromatic carbocycles. The number of nitrogens with one attached hydrogen (secondary N) is 2. The molecule has 4 aliphatic heterocycles. The molecule has 0 saturated carbocycles. The van der Waals surface area contributed by atoms with E-state index in [9.17, 15) is 33.9 Å². The van der Waals surface area contributed by atoms with E-state index in [1.165, 1.54) is 35.9 Å². The van der Waals surface area contributed by atoms with E-state index in [1.54, 1.807) is 64.2 Å². The standard InChI is InChI=1S/C50H65ClN6O13/c1-29-11-10-12-39(65-9)50(64)28-38(68-48(63)53-50)32(4)45-49(6,70-45)40(27-42(59)56(8)37-26-34(23-29)24-30(2)44(37)51)69-47(62)33(5)55(7)41(58)17-19-66-21-22-67-20-18-52-46(61)35-13-15-36(16-14-35)57-43(60)25-31(3)54-57/h10-16,24,26,32-33,38-40,45,64H,17-23,25,27-28H2,1-9H3,(H,52,61)(H,53,63)/b12-10+,29-11+/t32-,33+,38+,39-,40+,45?,49+,50-/m1/s1. The summed E-state index contributed by atoms with van der Waals surface area (Å²) in [6.07, 6.45) is 1.05. The lowest BCUT2D eigenvalue weighted by molar-refractivity contribution is -0.162. The van der Waals surface area contributed by atoms with Gasteiger partial charge in [-0.05, 0) is 82.5 Å². The first-order chi connectivity index (χ1) is 33.1. The van der Waals surface area contributed by atoms with Crippen molar-refractivity contribution in [3.8, 4) is 0 Å². The summed E-state index contributed by atoms with van der Waals surface area (Å²) in [5, 5.41) is 23.0. The van der Waals surface area contributed by atoms with Crippen molar-refractivity contribution in [3.05, 3.63) is 81.9 Å². The zero-order chi connectivity index (χ0) is 51.1. The van der Waals surface area contributed by atoms with Gasteiger partial charge in [-0.1, -0.05) is 48.4 Å². The summed E-state index contributed by atoms with van der Waals surface area (Å²) in [7, 11) is 4.50. The number of esters is 1. The van der Waals surface area contributed by atoms with Crippen LogP contribution in [-0.4, -0.2) is 147 Å². The van der Waals surface area contributed by atoms with Gasteiger partial charge in [0.05, 0.1) is 68.2 Å². The number of nitrogens with zero attached hydrogens (tertiary/aromatic N) is 4. The van der Waals surface area contributed by atoms with Crippen LogP contribution >= 0.6 is 11.6 Å². The lowest BCUT2D eigenvalue weighted by Gasteiger charge is -2.42. The van der Waals surface area contributed by atoms with Gasteiger partial charge in [0.15, 0.2) is 5.72 Å². The van der Waals surface area contributed by atoms with E-state index < -0.39 is 71.6 Å². The van der Waals surface area contributed by atoms with E-state index in [4.69, 9.17) is 40.0 Å². The van der Waals surface area contributed by atoms with E-state index >= 15 is 0 Å². The normalized spacial score (nSPS) is 27.5. The van der Waals surface area contributed by atoms with E-state index in [-0.39, 0.29) is 70.5 Å². The van der Waals surface area contributed by atoms with Gasteiger partial charge in [0, 0.05) is 51.4 Å². The molecular weight excluding hydrogens is 928 g/mol. The Bertz CT molecular complexity index is 2390. The van der Waals surface area contributed by atoms with Crippen LogP contribution in [0.1, 0.15) is 81.8 Å². The fourth-order valence-electron chi connectivity index (χ4n) is 8.76. The number of hydrogen-bond acceptors (Lipinski definition) is 14. The summed E-state index contributed by atoms with van der Waals surface area (Å²) in [6, 6.07) is 9.26. The smallest absolute Gasteiger partial charge is 0.409 e. The van der Waals surface area contributed by atoms with Gasteiger partial charge in [-0.25, -0.2) is 14.6 Å². The minimum absolute atomic E-state index is 0.0424. The van der Waals surface area contributed by atoms with E-state index in [1.807, 2.05) is 32.1 Å². The molecule has 4 aliphatic rings. The molecule has 0 spiro atoms. The Hall–Kier alpha value is -5.70. The third-order valence-electron chi connectivity index (χ3n) is 13.2. The number of methoxy groups -OCH3 is 1. The number of amides is 5. The maximum Gasteiger partial charge on any atom is 0.409 e. The van der Waals surface area contributed by atoms with Crippen LogP contribution < -0.4 is 20.5 Å². The molecule has 3 N–H and O–H groups in total. The van der Waals surface area contributed by atoms with Crippen molar-refractivity contribution in [1.29, 1.82) is 0 Å². The predicted molar refractivity (Wildman–Crippen MR) is 259 cm³/mol. The summed E-state index contributed by atoms with van der Waals surface area (Å²) in [6.45, 7) is 11.5. The van der Waals surface area contributed by atoms with Crippen LogP contribution in [-0.2, 0) is 54.0 Å². The third kappa shape index (κ3) is 12.8. The monoisotopic (exact) mass is 992 g/mol. The fraction of sp³-hybridized carbons (Fsp3) is 0.540. The predicted octanol–water partition coefficient (Wildman–Crippen LogP) is 4.78. The van der Waals surface area contributed by atoms with Crippen molar-refractivity contribution in [2.45, 2.75) is 115 Å². The number of hydrazone groups is 1. The average Bonchev–Trinajstić information content (AvgIpc) is 3.90. The number of carbonyl (C=O) groups is 6.